The van der Waals surface area contributed by atoms with Crippen molar-refractivity contribution in [3.05, 3.63) is 36.4 Å². The summed E-state index contributed by atoms with van der Waals surface area (Å²) >= 11 is 0. The summed E-state index contributed by atoms with van der Waals surface area (Å²) in [5, 5.41) is 4.60. The first-order valence-electron chi connectivity index (χ1n) is 12.8. The largest absolute Gasteiger partial charge is 0.660 e. The van der Waals surface area contributed by atoms with Gasteiger partial charge in [-0.2, -0.15) is 0 Å². The van der Waals surface area contributed by atoms with Crippen molar-refractivity contribution >= 4 is 7.41 Å². The number of allylic oxidation sites excluding steroid dienone is 3. The molecule has 5 heteroatoms. The van der Waals surface area contributed by atoms with E-state index in [9.17, 15) is 0 Å². The molecule has 0 spiro atoms. The molecule has 2 nitrogen and oxygen atoms in total. The van der Waals surface area contributed by atoms with Gasteiger partial charge in [0.25, 0.3) is 0 Å². The molecule has 184 valence electrons. The fraction of sp³-hybridized carbons (Fsp3) is 0.821. The van der Waals surface area contributed by atoms with Crippen LogP contribution in [0, 0.1) is 47.3 Å². The van der Waals surface area contributed by atoms with Gasteiger partial charge in [0, 0.05) is 39.6 Å². The molecule has 0 aromatic rings. The second kappa shape index (κ2) is 10.6. The Morgan fingerprint density at radius 2 is 1.76 bits per heavy atom. The molecule has 4 aliphatic carbocycles. The molecule has 1 saturated heterocycles. The van der Waals surface area contributed by atoms with E-state index in [1.54, 1.807) is 0 Å². The van der Waals surface area contributed by atoms with Crippen LogP contribution >= 0.6 is 0 Å². The van der Waals surface area contributed by atoms with E-state index >= 15 is 0 Å². The van der Waals surface area contributed by atoms with Gasteiger partial charge >= 0.3 is 0 Å². The Morgan fingerprint density at radius 3 is 2.45 bits per heavy atom. The summed E-state index contributed by atoms with van der Waals surface area (Å²) in [4.78, 5) is 2.53. The van der Waals surface area contributed by atoms with Crippen LogP contribution < -0.4 is 0 Å². The van der Waals surface area contributed by atoms with Crippen LogP contribution in [0.25, 0.3) is 5.32 Å². The molecular weight excluding hydrogens is 610 g/mol. The number of hydrogen-bond donors (Lipinski definition) is 0. The van der Waals surface area contributed by atoms with Crippen LogP contribution in [0.3, 0.4) is 0 Å². The summed E-state index contributed by atoms with van der Waals surface area (Å²) in [6, 6.07) is 0.521. The molecule has 1 aliphatic heterocycles. The fourth-order valence-corrected chi connectivity index (χ4v) is 8.65. The molecule has 0 aromatic heterocycles. The summed E-state index contributed by atoms with van der Waals surface area (Å²) in [6.45, 7) is 20.3. The summed E-state index contributed by atoms with van der Waals surface area (Å²) in [7, 11) is 2.46. The average Bonchev–Trinajstić information content (AvgIpc) is 2.94. The number of fused-ring (bicyclic) bond motifs is 5. The quantitative estimate of drug-likeness (QED) is 0.235. The van der Waals surface area contributed by atoms with Crippen molar-refractivity contribution in [3.8, 4) is 0 Å². The van der Waals surface area contributed by atoms with Gasteiger partial charge in [-0.25, -0.2) is 0 Å². The SMILES string of the molecule is C=C1CC2CCC3C(CC[C@@]4(C)C3CCC4(C)C)[C@@]2(C)C=C1[B]N1CC[N-]CC1C.[CH3-].[V].[W]. The summed E-state index contributed by atoms with van der Waals surface area (Å²) < 4.78 is 0. The van der Waals surface area contributed by atoms with Gasteiger partial charge in [0.1, 0.15) is 0 Å². The Bertz CT molecular complexity index is 754. The van der Waals surface area contributed by atoms with Gasteiger partial charge in [0.2, 0.25) is 7.41 Å². The first-order chi connectivity index (χ1) is 14.2. The Morgan fingerprint density at radius 1 is 1.06 bits per heavy atom. The third-order valence-corrected chi connectivity index (χ3v) is 11.1. The summed E-state index contributed by atoms with van der Waals surface area (Å²) in [5.41, 5.74) is 4.26. The van der Waals surface area contributed by atoms with Crippen LogP contribution in [0.1, 0.15) is 79.6 Å². The predicted octanol–water partition coefficient (Wildman–Crippen LogP) is 6.86. The molecule has 1 heterocycles. The second-order valence-electron chi connectivity index (χ2n) is 12.6. The first kappa shape index (κ1) is 30.0. The molecule has 2 radical (unpaired) electrons. The molecule has 5 unspecified atom stereocenters. The van der Waals surface area contributed by atoms with Crippen LogP contribution in [-0.4, -0.2) is 37.9 Å². The van der Waals surface area contributed by atoms with Crippen molar-refractivity contribution in [2.45, 2.75) is 85.6 Å². The normalized spacial score (nSPS) is 44.0. The zero-order valence-corrected chi connectivity index (χ0v) is 26.4. The van der Waals surface area contributed by atoms with Crippen LogP contribution in [0.4, 0.5) is 0 Å². The Balaban J connectivity index is 0.00000128. The topological polar surface area (TPSA) is 17.3 Å². The second-order valence-corrected chi connectivity index (χ2v) is 12.6. The minimum atomic E-state index is 0. The predicted molar refractivity (Wildman–Crippen MR) is 135 cm³/mol. The van der Waals surface area contributed by atoms with Gasteiger partial charge in [-0.15, -0.1) is 13.1 Å². The molecule has 4 fully saturated rings. The third-order valence-electron chi connectivity index (χ3n) is 11.1. The van der Waals surface area contributed by atoms with Gasteiger partial charge in [-0.05, 0) is 97.4 Å². The molecule has 5 aliphatic rings. The standard InChI is InChI=1S/C27H43BN2.CH3.V.W/c1-18-15-20-7-8-21-22(10-12-27(6)23(21)9-11-25(27,3)4)26(20,5)16-24(18)28-30-14-13-29-17-19(30)2;;;/h16,19-23H,1,7-15,17H2,2-6H3;1H3;;/q2*-1;;/t19?,20?,21?,22?,23?,26-,27-;;;/m0.../s1. The van der Waals surface area contributed by atoms with E-state index in [0.29, 0.717) is 22.3 Å². The van der Waals surface area contributed by atoms with Gasteiger partial charge in [0.05, 0.1) is 0 Å². The molecule has 0 aromatic carbocycles. The monoisotopic (exact) mass is 656 g/mol. The Kier molecular flexibility index (Phi) is 9.64. The van der Waals surface area contributed by atoms with E-state index in [2.05, 4.69) is 64.8 Å². The van der Waals surface area contributed by atoms with E-state index in [-0.39, 0.29) is 47.0 Å². The maximum absolute atomic E-state index is 4.60. The van der Waals surface area contributed by atoms with Crippen molar-refractivity contribution in [1.82, 2.24) is 4.81 Å². The van der Waals surface area contributed by atoms with Crippen molar-refractivity contribution in [2.24, 2.45) is 39.9 Å². The average molecular weight is 656 g/mol. The number of piperazine rings is 1. The van der Waals surface area contributed by atoms with Crippen LogP contribution in [-0.2, 0) is 39.6 Å². The van der Waals surface area contributed by atoms with Gasteiger partial charge in [-0.3, -0.25) is 0 Å². The zero-order chi connectivity index (χ0) is 21.3. The number of hydrogen-bond acceptors (Lipinski definition) is 1. The number of rotatable bonds is 2. The van der Waals surface area contributed by atoms with E-state index in [1.165, 1.54) is 56.0 Å². The molecule has 3 saturated carbocycles. The molecule has 33 heavy (non-hydrogen) atoms. The van der Waals surface area contributed by atoms with E-state index < -0.39 is 0 Å². The fourth-order valence-electron chi connectivity index (χ4n) is 8.65. The minimum Gasteiger partial charge on any atom is -0.660 e. The molecule has 0 bridgehead atoms. The van der Waals surface area contributed by atoms with E-state index in [1.807, 2.05) is 0 Å². The maximum atomic E-state index is 4.60. The molecule has 5 rings (SSSR count). The molecule has 0 amide bonds. The van der Waals surface area contributed by atoms with Gasteiger partial charge < -0.3 is 17.6 Å². The Labute approximate surface area is 232 Å². The zero-order valence-electron chi connectivity index (χ0n) is 22.1. The van der Waals surface area contributed by atoms with Crippen LogP contribution in [0.5, 0.6) is 0 Å². The molecule has 0 N–H and O–H groups in total. The van der Waals surface area contributed by atoms with Gasteiger partial charge in [0.15, 0.2) is 0 Å². The molecule has 7 atom stereocenters. The van der Waals surface area contributed by atoms with E-state index in [0.717, 1.165) is 43.3 Å². The van der Waals surface area contributed by atoms with Crippen LogP contribution in [0.15, 0.2) is 23.7 Å². The first-order valence-corrected chi connectivity index (χ1v) is 12.8. The van der Waals surface area contributed by atoms with Crippen molar-refractivity contribution in [1.29, 1.82) is 0 Å². The minimum absolute atomic E-state index is 0. The third kappa shape index (κ3) is 4.75. The Hall–Kier alpha value is 0.738. The number of nitrogens with zero attached hydrogens (tertiary/aromatic N) is 2. The smallest absolute Gasteiger partial charge is 0.247 e. The van der Waals surface area contributed by atoms with Crippen LogP contribution in [0.2, 0.25) is 0 Å². The van der Waals surface area contributed by atoms with Crippen molar-refractivity contribution in [3.63, 3.8) is 0 Å². The maximum Gasteiger partial charge on any atom is 0.247 e. The van der Waals surface area contributed by atoms with Crippen molar-refractivity contribution in [2.75, 3.05) is 19.6 Å². The molecular formula is C28H46BN2VW-2. The van der Waals surface area contributed by atoms with Gasteiger partial charge in [-0.1, -0.05) is 58.3 Å². The van der Waals surface area contributed by atoms with E-state index in [4.69, 9.17) is 0 Å². The van der Waals surface area contributed by atoms with Crippen molar-refractivity contribution < 1.29 is 39.6 Å². The summed E-state index contributed by atoms with van der Waals surface area (Å²) in [5.74, 6) is 3.55. The summed E-state index contributed by atoms with van der Waals surface area (Å²) in [6.07, 6.45) is 12.6.